The van der Waals surface area contributed by atoms with Gasteiger partial charge in [0.05, 0.1) is 5.56 Å². The molecule has 0 spiro atoms. The number of ether oxygens (including phenoxy) is 1. The second-order valence-corrected chi connectivity index (χ2v) is 5.76. The molecule has 0 bridgehead atoms. The maximum absolute atomic E-state index is 11.6. The zero-order valence-corrected chi connectivity index (χ0v) is 12.3. The van der Waals surface area contributed by atoms with Crippen molar-refractivity contribution < 1.29 is 19.4 Å². The highest BCUT2D eigenvalue weighted by molar-refractivity contribution is 5.87. The Morgan fingerprint density at radius 3 is 2.55 bits per heavy atom. The van der Waals surface area contributed by atoms with Crippen LogP contribution in [0, 0.1) is 0 Å². The highest BCUT2D eigenvalue weighted by atomic mass is 16.6. The van der Waals surface area contributed by atoms with Crippen LogP contribution >= 0.6 is 0 Å². The number of rotatable bonds is 4. The number of aromatic carboxylic acids is 1. The number of nitrogens with one attached hydrogen (secondary N) is 1. The molecule has 0 saturated carbocycles. The third-order valence-electron chi connectivity index (χ3n) is 2.48. The molecule has 0 aliphatic carbocycles. The minimum Gasteiger partial charge on any atom is -0.478 e. The first-order chi connectivity index (χ1) is 9.17. The van der Waals surface area contributed by atoms with Gasteiger partial charge in [0.1, 0.15) is 5.60 Å². The van der Waals surface area contributed by atoms with Gasteiger partial charge in [-0.25, -0.2) is 9.59 Å². The summed E-state index contributed by atoms with van der Waals surface area (Å²) in [4.78, 5) is 22.5. The summed E-state index contributed by atoms with van der Waals surface area (Å²) in [6.45, 7) is 7.24. The average Bonchev–Trinajstić information content (AvgIpc) is 2.25. The number of alkyl carbamates (subject to hydrolysis) is 1. The number of hydrogen-bond donors (Lipinski definition) is 2. The largest absolute Gasteiger partial charge is 0.478 e. The molecule has 0 radical (unpaired) electrons. The Kier molecular flexibility index (Phi) is 5.13. The zero-order chi connectivity index (χ0) is 15.3. The van der Waals surface area contributed by atoms with E-state index in [0.29, 0.717) is 6.42 Å². The van der Waals surface area contributed by atoms with Gasteiger partial charge in [-0.1, -0.05) is 12.1 Å². The van der Waals surface area contributed by atoms with Crippen molar-refractivity contribution in [3.05, 3.63) is 35.4 Å². The molecule has 110 valence electrons. The second kappa shape index (κ2) is 6.41. The summed E-state index contributed by atoms with van der Waals surface area (Å²) in [5.74, 6) is -0.959. The van der Waals surface area contributed by atoms with Crippen LogP contribution in [0.25, 0.3) is 0 Å². The normalized spacial score (nSPS) is 12.6. The van der Waals surface area contributed by atoms with Gasteiger partial charge in [0.15, 0.2) is 0 Å². The molecule has 1 aromatic carbocycles. The molecule has 20 heavy (non-hydrogen) atoms. The summed E-state index contributed by atoms with van der Waals surface area (Å²) in [6.07, 6.45) is 0.0692. The second-order valence-electron chi connectivity index (χ2n) is 5.76. The van der Waals surface area contributed by atoms with Gasteiger partial charge in [0, 0.05) is 6.04 Å². The Hall–Kier alpha value is -2.04. The minimum atomic E-state index is -0.959. The van der Waals surface area contributed by atoms with Gasteiger partial charge in [0.2, 0.25) is 0 Å². The molecule has 0 heterocycles. The lowest BCUT2D eigenvalue weighted by molar-refractivity contribution is 0.0507. The van der Waals surface area contributed by atoms with Crippen molar-refractivity contribution in [2.24, 2.45) is 0 Å². The first-order valence-electron chi connectivity index (χ1n) is 6.49. The Bertz CT molecular complexity index is 491. The lowest BCUT2D eigenvalue weighted by Gasteiger charge is -2.22. The van der Waals surface area contributed by atoms with Crippen molar-refractivity contribution in [1.29, 1.82) is 0 Å². The molecule has 0 aromatic heterocycles. The number of carboxylic acid groups (broad SMARTS) is 1. The van der Waals surface area contributed by atoms with E-state index < -0.39 is 17.7 Å². The molecule has 2 N–H and O–H groups in total. The zero-order valence-electron chi connectivity index (χ0n) is 12.3. The van der Waals surface area contributed by atoms with Crippen molar-refractivity contribution in [3.63, 3.8) is 0 Å². The molecular formula is C15H21NO4. The van der Waals surface area contributed by atoms with Crippen molar-refractivity contribution in [1.82, 2.24) is 5.32 Å². The average molecular weight is 279 g/mol. The van der Waals surface area contributed by atoms with Crippen molar-refractivity contribution in [2.45, 2.75) is 45.8 Å². The van der Waals surface area contributed by atoms with E-state index in [1.807, 2.05) is 13.0 Å². The van der Waals surface area contributed by atoms with Crippen LogP contribution < -0.4 is 5.32 Å². The molecule has 0 aliphatic heterocycles. The van der Waals surface area contributed by atoms with Gasteiger partial charge in [0.25, 0.3) is 0 Å². The summed E-state index contributed by atoms with van der Waals surface area (Å²) in [5, 5.41) is 11.7. The fourth-order valence-electron chi connectivity index (χ4n) is 1.74. The molecular weight excluding hydrogens is 258 g/mol. The number of benzene rings is 1. The van der Waals surface area contributed by atoms with E-state index in [-0.39, 0.29) is 11.6 Å². The highest BCUT2D eigenvalue weighted by Crippen LogP contribution is 2.10. The lowest BCUT2D eigenvalue weighted by Crippen LogP contribution is -2.38. The van der Waals surface area contributed by atoms with Crippen LogP contribution in [-0.4, -0.2) is 28.8 Å². The van der Waals surface area contributed by atoms with Crippen LogP contribution in [0.2, 0.25) is 0 Å². The molecule has 0 unspecified atom stereocenters. The standard InChI is InChI=1S/C15H21NO4/c1-10(16-14(19)20-15(2,3)4)8-11-6-5-7-12(9-11)13(17)18/h5-7,9-10H,8H2,1-4H3,(H,16,19)(H,17,18)/t10-/m1/s1. The Morgan fingerprint density at radius 2 is 2.00 bits per heavy atom. The third kappa shape index (κ3) is 5.73. The van der Waals surface area contributed by atoms with Gasteiger partial charge < -0.3 is 15.2 Å². The fraction of sp³-hybridized carbons (Fsp3) is 0.467. The summed E-state index contributed by atoms with van der Waals surface area (Å²) in [5.41, 5.74) is 0.563. The maximum Gasteiger partial charge on any atom is 0.407 e. The van der Waals surface area contributed by atoms with Crippen molar-refractivity contribution in [2.75, 3.05) is 0 Å². The number of carbonyl (C=O) groups excluding carboxylic acids is 1. The van der Waals surface area contributed by atoms with E-state index in [9.17, 15) is 9.59 Å². The smallest absolute Gasteiger partial charge is 0.407 e. The van der Waals surface area contributed by atoms with E-state index in [1.165, 1.54) is 6.07 Å². The summed E-state index contributed by atoms with van der Waals surface area (Å²) < 4.78 is 5.16. The fourth-order valence-corrected chi connectivity index (χ4v) is 1.74. The maximum atomic E-state index is 11.6. The minimum absolute atomic E-state index is 0.145. The molecule has 1 atom stereocenters. The molecule has 1 amide bonds. The lowest BCUT2D eigenvalue weighted by atomic mass is 10.0. The van der Waals surface area contributed by atoms with E-state index >= 15 is 0 Å². The summed E-state index contributed by atoms with van der Waals surface area (Å²) in [6, 6.07) is 6.53. The van der Waals surface area contributed by atoms with E-state index in [0.717, 1.165) is 5.56 Å². The molecule has 5 nitrogen and oxygen atoms in total. The molecule has 1 rings (SSSR count). The van der Waals surface area contributed by atoms with Gasteiger partial charge >= 0.3 is 12.1 Å². The van der Waals surface area contributed by atoms with E-state index in [4.69, 9.17) is 9.84 Å². The predicted octanol–water partition coefficient (Wildman–Crippen LogP) is 2.84. The summed E-state index contributed by atoms with van der Waals surface area (Å²) in [7, 11) is 0. The molecule has 1 aromatic rings. The monoisotopic (exact) mass is 279 g/mol. The van der Waals surface area contributed by atoms with Gasteiger partial charge in [-0.3, -0.25) is 0 Å². The number of carboxylic acids is 1. The number of hydrogen-bond acceptors (Lipinski definition) is 3. The van der Waals surface area contributed by atoms with Gasteiger partial charge in [-0.15, -0.1) is 0 Å². The molecule has 0 fully saturated rings. The Labute approximate surface area is 118 Å². The molecule has 5 heteroatoms. The quantitative estimate of drug-likeness (QED) is 0.888. The van der Waals surface area contributed by atoms with Crippen LogP contribution in [0.5, 0.6) is 0 Å². The first-order valence-corrected chi connectivity index (χ1v) is 6.49. The summed E-state index contributed by atoms with van der Waals surface area (Å²) >= 11 is 0. The topological polar surface area (TPSA) is 75.6 Å². The number of amides is 1. The van der Waals surface area contributed by atoms with Crippen LogP contribution in [0.15, 0.2) is 24.3 Å². The van der Waals surface area contributed by atoms with Crippen LogP contribution in [0.4, 0.5) is 4.79 Å². The van der Waals surface area contributed by atoms with E-state index in [1.54, 1.807) is 32.9 Å². The first kappa shape index (κ1) is 16.0. The highest BCUT2D eigenvalue weighted by Gasteiger charge is 2.17. The van der Waals surface area contributed by atoms with Crippen LogP contribution in [0.3, 0.4) is 0 Å². The Morgan fingerprint density at radius 1 is 1.35 bits per heavy atom. The van der Waals surface area contributed by atoms with Gasteiger partial charge in [-0.2, -0.15) is 0 Å². The van der Waals surface area contributed by atoms with Crippen molar-refractivity contribution in [3.8, 4) is 0 Å². The van der Waals surface area contributed by atoms with Crippen LogP contribution in [0.1, 0.15) is 43.6 Å². The van der Waals surface area contributed by atoms with E-state index in [2.05, 4.69) is 5.32 Å². The number of carbonyl (C=O) groups is 2. The predicted molar refractivity (Wildman–Crippen MR) is 75.9 cm³/mol. The Balaban J connectivity index is 2.58. The van der Waals surface area contributed by atoms with Crippen molar-refractivity contribution >= 4 is 12.1 Å². The third-order valence-corrected chi connectivity index (χ3v) is 2.48. The molecule has 0 saturated heterocycles. The molecule has 0 aliphatic rings. The SMILES string of the molecule is C[C@H](Cc1cccc(C(=O)O)c1)NC(=O)OC(C)(C)C. The van der Waals surface area contributed by atoms with Crippen LogP contribution in [-0.2, 0) is 11.2 Å². The van der Waals surface area contributed by atoms with Gasteiger partial charge in [-0.05, 0) is 51.8 Å².